The SMILES string of the molecule is O=C(NNCCc1cccc(F)c1)[C@]1(Cc2ccccc2)COC(c2ccc(OCCCO)cc2)=N1. The Labute approximate surface area is 210 Å². The highest BCUT2D eigenvalue weighted by Crippen LogP contribution is 2.27. The molecule has 0 bridgehead atoms. The van der Waals surface area contributed by atoms with Crippen LogP contribution in [0.1, 0.15) is 23.1 Å². The molecule has 0 spiro atoms. The summed E-state index contributed by atoms with van der Waals surface area (Å²) in [5.41, 5.74) is 7.12. The first kappa shape index (κ1) is 25.3. The normalized spacial score (nSPS) is 16.8. The van der Waals surface area contributed by atoms with Gasteiger partial charge in [-0.1, -0.05) is 42.5 Å². The van der Waals surface area contributed by atoms with Gasteiger partial charge >= 0.3 is 0 Å². The highest BCUT2D eigenvalue weighted by Gasteiger charge is 2.44. The molecule has 0 fully saturated rings. The minimum atomic E-state index is -1.14. The average Bonchev–Trinajstić information content (AvgIpc) is 3.33. The molecule has 3 N–H and O–H groups in total. The first-order valence-corrected chi connectivity index (χ1v) is 12.0. The maximum atomic E-state index is 13.4. The number of nitrogens with one attached hydrogen (secondary N) is 2. The molecular weight excluding hydrogens is 461 g/mol. The minimum Gasteiger partial charge on any atom is -0.494 e. The van der Waals surface area contributed by atoms with E-state index in [1.165, 1.54) is 12.1 Å². The summed E-state index contributed by atoms with van der Waals surface area (Å²) in [5, 5.41) is 8.90. The molecule has 3 aromatic rings. The third kappa shape index (κ3) is 6.68. The largest absolute Gasteiger partial charge is 0.494 e. The second-order valence-corrected chi connectivity index (χ2v) is 8.61. The van der Waals surface area contributed by atoms with Crippen LogP contribution in [-0.4, -0.2) is 48.8 Å². The highest BCUT2D eigenvalue weighted by atomic mass is 19.1. The molecule has 0 aromatic heterocycles. The molecule has 4 rings (SSSR count). The zero-order valence-corrected chi connectivity index (χ0v) is 20.0. The number of aliphatic imine (C=N–C) groups is 1. The Morgan fingerprint density at radius 1 is 1.06 bits per heavy atom. The van der Waals surface area contributed by atoms with E-state index in [0.29, 0.717) is 44.1 Å². The van der Waals surface area contributed by atoms with Crippen molar-refractivity contribution in [1.82, 2.24) is 10.9 Å². The van der Waals surface area contributed by atoms with Crippen molar-refractivity contribution in [3.63, 3.8) is 0 Å². The molecule has 1 amide bonds. The smallest absolute Gasteiger partial charge is 0.266 e. The molecule has 0 unspecified atom stereocenters. The summed E-state index contributed by atoms with van der Waals surface area (Å²) in [4.78, 5) is 18.1. The molecule has 0 saturated heterocycles. The third-order valence-electron chi connectivity index (χ3n) is 5.83. The summed E-state index contributed by atoms with van der Waals surface area (Å²) in [5.74, 6) is 0.488. The first-order chi connectivity index (χ1) is 17.6. The zero-order valence-electron chi connectivity index (χ0n) is 20.0. The quantitative estimate of drug-likeness (QED) is 0.267. The summed E-state index contributed by atoms with van der Waals surface area (Å²) < 4.78 is 24.9. The van der Waals surface area contributed by atoms with Crippen LogP contribution in [0.25, 0.3) is 0 Å². The highest BCUT2D eigenvalue weighted by molar-refractivity contribution is 6.00. The van der Waals surface area contributed by atoms with E-state index < -0.39 is 5.54 Å². The lowest BCUT2D eigenvalue weighted by atomic mass is 9.91. The van der Waals surface area contributed by atoms with E-state index in [0.717, 1.165) is 16.7 Å². The van der Waals surface area contributed by atoms with Crippen molar-refractivity contribution < 1.29 is 23.8 Å². The van der Waals surface area contributed by atoms with Gasteiger partial charge in [-0.3, -0.25) is 10.2 Å². The molecule has 188 valence electrons. The van der Waals surface area contributed by atoms with Gasteiger partial charge in [-0.05, 0) is 53.9 Å². The Hall–Kier alpha value is -3.75. The number of hydrogen-bond donors (Lipinski definition) is 3. The third-order valence-corrected chi connectivity index (χ3v) is 5.83. The second-order valence-electron chi connectivity index (χ2n) is 8.61. The summed E-state index contributed by atoms with van der Waals surface area (Å²) in [6.07, 6.45) is 1.49. The number of nitrogens with zero attached hydrogens (tertiary/aromatic N) is 1. The molecule has 1 aliphatic rings. The van der Waals surface area contributed by atoms with Gasteiger partial charge in [-0.25, -0.2) is 14.8 Å². The van der Waals surface area contributed by atoms with Crippen molar-refractivity contribution in [3.05, 3.63) is 101 Å². The van der Waals surface area contributed by atoms with E-state index in [1.54, 1.807) is 6.07 Å². The van der Waals surface area contributed by atoms with E-state index >= 15 is 0 Å². The van der Waals surface area contributed by atoms with Gasteiger partial charge in [0, 0.05) is 31.6 Å². The first-order valence-electron chi connectivity index (χ1n) is 12.0. The van der Waals surface area contributed by atoms with Gasteiger partial charge in [-0.15, -0.1) is 0 Å². The van der Waals surface area contributed by atoms with Crippen molar-refractivity contribution in [1.29, 1.82) is 0 Å². The maximum Gasteiger partial charge on any atom is 0.266 e. The lowest BCUT2D eigenvalue weighted by Crippen LogP contribution is -2.53. The fourth-order valence-electron chi connectivity index (χ4n) is 3.92. The van der Waals surface area contributed by atoms with Crippen LogP contribution in [0.3, 0.4) is 0 Å². The Bertz CT molecular complexity index is 1170. The second kappa shape index (κ2) is 12.3. The van der Waals surface area contributed by atoms with Crippen LogP contribution >= 0.6 is 0 Å². The number of benzene rings is 3. The molecule has 3 aromatic carbocycles. The van der Waals surface area contributed by atoms with Crippen LogP contribution in [0.15, 0.2) is 83.9 Å². The topological polar surface area (TPSA) is 92.2 Å². The summed E-state index contributed by atoms with van der Waals surface area (Å²) in [7, 11) is 0. The Kier molecular flexibility index (Phi) is 8.65. The summed E-state index contributed by atoms with van der Waals surface area (Å²) >= 11 is 0. The number of rotatable bonds is 12. The number of carbonyl (C=O) groups is 1. The number of hydrogen-bond acceptors (Lipinski definition) is 6. The van der Waals surface area contributed by atoms with Gasteiger partial charge in [-0.2, -0.15) is 0 Å². The predicted octanol–water partition coefficient (Wildman–Crippen LogP) is 3.21. The number of aliphatic hydroxyl groups excluding tert-OH is 1. The van der Waals surface area contributed by atoms with Crippen molar-refractivity contribution in [3.8, 4) is 5.75 Å². The molecule has 7 nitrogen and oxygen atoms in total. The van der Waals surface area contributed by atoms with Crippen molar-refractivity contribution >= 4 is 11.8 Å². The van der Waals surface area contributed by atoms with Crippen molar-refractivity contribution in [2.75, 3.05) is 26.4 Å². The van der Waals surface area contributed by atoms with Gasteiger partial charge in [0.2, 0.25) is 5.90 Å². The molecule has 0 radical (unpaired) electrons. The molecule has 1 atom stereocenters. The van der Waals surface area contributed by atoms with E-state index in [9.17, 15) is 9.18 Å². The molecular formula is C28H30FN3O4. The number of amides is 1. The van der Waals surface area contributed by atoms with Gasteiger partial charge in [0.25, 0.3) is 5.91 Å². The van der Waals surface area contributed by atoms with Gasteiger partial charge in [0.15, 0.2) is 5.54 Å². The van der Waals surface area contributed by atoms with Gasteiger partial charge in [0.05, 0.1) is 6.61 Å². The lowest BCUT2D eigenvalue weighted by molar-refractivity contribution is -0.127. The maximum absolute atomic E-state index is 13.4. The van der Waals surface area contributed by atoms with Gasteiger partial charge < -0.3 is 14.6 Å². The average molecular weight is 492 g/mol. The van der Waals surface area contributed by atoms with Crippen LogP contribution in [0.2, 0.25) is 0 Å². The van der Waals surface area contributed by atoms with Crippen molar-refractivity contribution in [2.45, 2.75) is 24.8 Å². The number of hydrazine groups is 1. The van der Waals surface area contributed by atoms with Crippen LogP contribution in [0.4, 0.5) is 4.39 Å². The Morgan fingerprint density at radius 3 is 2.58 bits per heavy atom. The monoisotopic (exact) mass is 491 g/mol. The lowest BCUT2D eigenvalue weighted by Gasteiger charge is -2.23. The zero-order chi connectivity index (χ0) is 25.2. The molecule has 36 heavy (non-hydrogen) atoms. The Morgan fingerprint density at radius 2 is 1.83 bits per heavy atom. The number of aliphatic hydroxyl groups is 1. The summed E-state index contributed by atoms with van der Waals surface area (Å²) in [6.45, 7) is 1.04. The minimum absolute atomic E-state index is 0.0773. The molecule has 0 saturated carbocycles. The fraction of sp³-hybridized carbons (Fsp3) is 0.286. The Balaban J connectivity index is 1.45. The van der Waals surface area contributed by atoms with Crippen molar-refractivity contribution in [2.24, 2.45) is 4.99 Å². The van der Waals surface area contributed by atoms with Crippen LogP contribution in [0, 0.1) is 5.82 Å². The molecule has 1 aliphatic heterocycles. The van der Waals surface area contributed by atoms with Gasteiger partial charge in [0.1, 0.15) is 18.2 Å². The molecule has 1 heterocycles. The fourth-order valence-corrected chi connectivity index (χ4v) is 3.92. The summed E-state index contributed by atoms with van der Waals surface area (Å²) in [6, 6.07) is 23.4. The van der Waals surface area contributed by atoms with E-state index in [1.807, 2.05) is 60.7 Å². The van der Waals surface area contributed by atoms with Crippen LogP contribution in [-0.2, 0) is 22.4 Å². The number of carbonyl (C=O) groups excluding carboxylic acids is 1. The number of halogens is 1. The van der Waals surface area contributed by atoms with Crippen LogP contribution < -0.4 is 15.6 Å². The number of ether oxygens (including phenoxy) is 2. The predicted molar refractivity (Wildman–Crippen MR) is 135 cm³/mol. The molecule has 8 heteroatoms. The van der Waals surface area contributed by atoms with E-state index in [4.69, 9.17) is 19.6 Å². The van der Waals surface area contributed by atoms with E-state index in [2.05, 4.69) is 10.9 Å². The van der Waals surface area contributed by atoms with E-state index in [-0.39, 0.29) is 24.9 Å². The van der Waals surface area contributed by atoms with Crippen LogP contribution in [0.5, 0.6) is 5.75 Å². The molecule has 0 aliphatic carbocycles. The standard InChI is InChI=1S/C28H30FN3O4/c29-24-9-4-8-21(18-24)14-15-30-32-27(34)28(19-22-6-2-1-3-7-22)20-36-26(31-28)23-10-12-25(13-11-23)35-17-5-16-33/h1-4,6-13,18,30,33H,5,14-17,19-20H2,(H,32,34)/t28-/m0/s1.